The Hall–Kier alpha value is -2.29. The third-order valence-electron chi connectivity index (χ3n) is 5.49. The number of amides is 1. The SMILES string of the molecule is CC1CCCN(S(=O)(=O)c2cc(C(=O)NCC3COc4ccccc4O3)ccc2Cl)C1. The number of nitrogens with zero attached hydrogens (tertiary/aromatic N) is 1. The first kappa shape index (κ1) is 21.9. The van der Waals surface area contributed by atoms with Gasteiger partial charge in [-0.05, 0) is 49.1 Å². The number of carbonyl (C=O) groups excluding carboxylic acids is 1. The van der Waals surface area contributed by atoms with Crippen LogP contribution in [-0.2, 0) is 10.0 Å². The smallest absolute Gasteiger partial charge is 0.251 e. The standard InChI is InChI=1S/C22H25ClN2O5S/c1-15-5-4-10-25(13-15)31(27,28)21-11-16(8-9-18(21)23)22(26)24-12-17-14-29-19-6-2-3-7-20(19)30-17/h2-3,6-9,11,15,17H,4-5,10,12-14H2,1H3,(H,24,26). The van der Waals surface area contributed by atoms with E-state index in [9.17, 15) is 13.2 Å². The van der Waals surface area contributed by atoms with E-state index < -0.39 is 15.9 Å². The number of fused-ring (bicyclic) bond motifs is 1. The normalized spacial score (nSPS) is 21.5. The van der Waals surface area contributed by atoms with E-state index in [0.717, 1.165) is 12.8 Å². The molecule has 1 fully saturated rings. The van der Waals surface area contributed by atoms with Crippen LogP contribution in [0, 0.1) is 5.92 Å². The number of carbonyl (C=O) groups is 1. The lowest BCUT2D eigenvalue weighted by Gasteiger charge is -2.30. The molecule has 7 nitrogen and oxygen atoms in total. The number of piperidine rings is 1. The number of ether oxygens (including phenoxy) is 2. The molecule has 1 amide bonds. The molecule has 2 aliphatic heterocycles. The summed E-state index contributed by atoms with van der Waals surface area (Å²) >= 11 is 6.21. The maximum absolute atomic E-state index is 13.1. The fraction of sp³-hybridized carbons (Fsp3) is 0.409. The summed E-state index contributed by atoms with van der Waals surface area (Å²) in [6.07, 6.45) is 1.47. The second-order valence-electron chi connectivity index (χ2n) is 7.96. The number of sulfonamides is 1. The van der Waals surface area contributed by atoms with E-state index in [-0.39, 0.29) is 34.0 Å². The van der Waals surface area contributed by atoms with Crippen LogP contribution in [-0.4, -0.2) is 51.0 Å². The lowest BCUT2D eigenvalue weighted by molar-refractivity contribution is 0.0789. The van der Waals surface area contributed by atoms with Crippen molar-refractivity contribution >= 4 is 27.5 Å². The summed E-state index contributed by atoms with van der Waals surface area (Å²) in [6.45, 7) is 3.48. The highest BCUT2D eigenvalue weighted by Crippen LogP contribution is 2.31. The highest BCUT2D eigenvalue weighted by molar-refractivity contribution is 7.89. The van der Waals surface area contributed by atoms with E-state index in [0.29, 0.717) is 31.2 Å². The van der Waals surface area contributed by atoms with Crippen LogP contribution in [0.2, 0.25) is 5.02 Å². The zero-order valence-corrected chi connectivity index (χ0v) is 18.8. The average Bonchev–Trinajstić information content (AvgIpc) is 2.77. The first-order valence-corrected chi connectivity index (χ1v) is 12.1. The van der Waals surface area contributed by atoms with Gasteiger partial charge in [-0.3, -0.25) is 4.79 Å². The van der Waals surface area contributed by atoms with Crippen LogP contribution in [0.5, 0.6) is 11.5 Å². The minimum Gasteiger partial charge on any atom is -0.486 e. The van der Waals surface area contributed by atoms with Gasteiger partial charge in [0.05, 0.1) is 11.6 Å². The average molecular weight is 465 g/mol. The molecule has 0 radical (unpaired) electrons. The number of hydrogen-bond acceptors (Lipinski definition) is 5. The van der Waals surface area contributed by atoms with E-state index in [1.165, 1.54) is 22.5 Å². The molecule has 0 aromatic heterocycles. The number of hydrogen-bond donors (Lipinski definition) is 1. The minimum absolute atomic E-state index is 0.0397. The molecule has 31 heavy (non-hydrogen) atoms. The number of rotatable bonds is 5. The number of para-hydroxylation sites is 2. The second-order valence-corrected chi connectivity index (χ2v) is 10.3. The Kier molecular flexibility index (Phi) is 6.41. The summed E-state index contributed by atoms with van der Waals surface area (Å²) in [6, 6.07) is 11.7. The maximum atomic E-state index is 13.1. The molecule has 0 bridgehead atoms. The Balaban J connectivity index is 1.45. The fourth-order valence-electron chi connectivity index (χ4n) is 3.82. The van der Waals surface area contributed by atoms with Crippen LogP contribution in [0.15, 0.2) is 47.4 Å². The van der Waals surface area contributed by atoms with Gasteiger partial charge in [-0.25, -0.2) is 8.42 Å². The predicted molar refractivity (Wildman–Crippen MR) is 117 cm³/mol. The Morgan fingerprint density at radius 3 is 2.77 bits per heavy atom. The van der Waals surface area contributed by atoms with Crippen molar-refractivity contribution < 1.29 is 22.7 Å². The molecule has 0 spiro atoms. The van der Waals surface area contributed by atoms with Crippen molar-refractivity contribution in [3.63, 3.8) is 0 Å². The summed E-state index contributed by atoms with van der Waals surface area (Å²) in [5, 5.41) is 2.90. The number of benzene rings is 2. The first-order valence-electron chi connectivity index (χ1n) is 10.3. The molecule has 2 aliphatic rings. The molecule has 4 rings (SSSR count). The van der Waals surface area contributed by atoms with E-state index in [1.807, 2.05) is 25.1 Å². The van der Waals surface area contributed by atoms with Gasteiger partial charge in [-0.2, -0.15) is 4.31 Å². The fourth-order valence-corrected chi connectivity index (χ4v) is 5.92. The molecule has 0 saturated carbocycles. The number of halogens is 1. The van der Waals surface area contributed by atoms with Crippen molar-refractivity contribution in [3.05, 3.63) is 53.1 Å². The van der Waals surface area contributed by atoms with Gasteiger partial charge in [-0.1, -0.05) is 30.7 Å². The van der Waals surface area contributed by atoms with Crippen molar-refractivity contribution in [1.29, 1.82) is 0 Å². The van der Waals surface area contributed by atoms with Crippen LogP contribution in [0.4, 0.5) is 0 Å². The molecular weight excluding hydrogens is 440 g/mol. The van der Waals surface area contributed by atoms with E-state index in [4.69, 9.17) is 21.1 Å². The molecule has 2 aromatic rings. The molecule has 2 atom stereocenters. The summed E-state index contributed by atoms with van der Waals surface area (Å²) in [4.78, 5) is 12.7. The second kappa shape index (κ2) is 9.06. The van der Waals surface area contributed by atoms with E-state index in [2.05, 4.69) is 5.32 Å². The van der Waals surface area contributed by atoms with Gasteiger partial charge in [0, 0.05) is 18.7 Å². The topological polar surface area (TPSA) is 84.9 Å². The molecule has 1 N–H and O–H groups in total. The Bertz CT molecular complexity index is 1080. The van der Waals surface area contributed by atoms with Crippen LogP contribution in [0.3, 0.4) is 0 Å². The third-order valence-corrected chi connectivity index (χ3v) is 7.84. The van der Waals surface area contributed by atoms with Gasteiger partial charge in [-0.15, -0.1) is 0 Å². The van der Waals surface area contributed by atoms with Gasteiger partial charge in [0.25, 0.3) is 5.91 Å². The zero-order chi connectivity index (χ0) is 22.0. The molecule has 9 heteroatoms. The van der Waals surface area contributed by atoms with Crippen molar-refractivity contribution in [2.24, 2.45) is 5.92 Å². The lowest BCUT2D eigenvalue weighted by atomic mass is 10.0. The van der Waals surface area contributed by atoms with Crippen LogP contribution in [0.1, 0.15) is 30.1 Å². The van der Waals surface area contributed by atoms with Gasteiger partial charge < -0.3 is 14.8 Å². The Morgan fingerprint density at radius 1 is 1.23 bits per heavy atom. The molecule has 1 saturated heterocycles. The van der Waals surface area contributed by atoms with Gasteiger partial charge in [0.15, 0.2) is 11.5 Å². The van der Waals surface area contributed by atoms with E-state index in [1.54, 1.807) is 6.07 Å². The van der Waals surface area contributed by atoms with Crippen molar-refractivity contribution in [2.75, 3.05) is 26.2 Å². The highest BCUT2D eigenvalue weighted by atomic mass is 35.5. The molecule has 2 aromatic carbocycles. The van der Waals surface area contributed by atoms with Crippen molar-refractivity contribution in [3.8, 4) is 11.5 Å². The molecule has 166 valence electrons. The summed E-state index contributed by atoms with van der Waals surface area (Å²) < 4.78 is 39.2. The Labute approximate surface area is 187 Å². The summed E-state index contributed by atoms with van der Waals surface area (Å²) in [5.74, 6) is 1.19. The predicted octanol–water partition coefficient (Wildman–Crippen LogP) is 3.33. The van der Waals surface area contributed by atoms with Gasteiger partial charge >= 0.3 is 0 Å². The molecule has 2 heterocycles. The highest BCUT2D eigenvalue weighted by Gasteiger charge is 2.31. The number of nitrogens with one attached hydrogen (secondary N) is 1. The van der Waals surface area contributed by atoms with Gasteiger partial charge in [0.2, 0.25) is 10.0 Å². The quantitative estimate of drug-likeness (QED) is 0.733. The van der Waals surface area contributed by atoms with Crippen LogP contribution >= 0.6 is 11.6 Å². The van der Waals surface area contributed by atoms with Gasteiger partial charge in [0.1, 0.15) is 17.6 Å². The van der Waals surface area contributed by atoms with Crippen molar-refractivity contribution in [1.82, 2.24) is 9.62 Å². The van der Waals surface area contributed by atoms with Crippen LogP contribution < -0.4 is 14.8 Å². The Morgan fingerprint density at radius 2 is 2.00 bits per heavy atom. The zero-order valence-electron chi connectivity index (χ0n) is 17.2. The molecule has 0 aliphatic carbocycles. The summed E-state index contributed by atoms with van der Waals surface area (Å²) in [7, 11) is -3.77. The largest absolute Gasteiger partial charge is 0.486 e. The lowest BCUT2D eigenvalue weighted by Crippen LogP contribution is -2.41. The third kappa shape index (κ3) is 4.81. The van der Waals surface area contributed by atoms with Crippen molar-refractivity contribution in [2.45, 2.75) is 30.8 Å². The summed E-state index contributed by atoms with van der Waals surface area (Å²) in [5.41, 5.74) is 0.227. The minimum atomic E-state index is -3.77. The monoisotopic (exact) mass is 464 g/mol. The molecule has 2 unspecified atom stereocenters. The van der Waals surface area contributed by atoms with Crippen LogP contribution in [0.25, 0.3) is 0 Å². The molecular formula is C22H25ClN2O5S. The maximum Gasteiger partial charge on any atom is 0.251 e. The first-order chi connectivity index (χ1) is 14.8. The van der Waals surface area contributed by atoms with E-state index >= 15 is 0 Å².